The van der Waals surface area contributed by atoms with Crippen molar-refractivity contribution in [3.05, 3.63) is 106 Å². The number of carbonyl (C=O) groups excluding carboxylic acids is 1. The second-order valence-electron chi connectivity index (χ2n) is 10.5. The summed E-state index contributed by atoms with van der Waals surface area (Å²) in [7, 11) is 0. The van der Waals surface area contributed by atoms with Gasteiger partial charge in [0, 0.05) is 17.6 Å². The van der Waals surface area contributed by atoms with E-state index in [9.17, 15) is 31.1 Å². The smallest absolute Gasteiger partial charge is 0.371 e. The number of piperidine rings is 1. The van der Waals surface area contributed by atoms with E-state index in [1.165, 1.54) is 0 Å². The predicted molar refractivity (Wildman–Crippen MR) is 141 cm³/mol. The number of hydrogen-bond acceptors (Lipinski definition) is 3. The highest BCUT2D eigenvalue weighted by Crippen LogP contribution is 2.48. The van der Waals surface area contributed by atoms with Crippen molar-refractivity contribution in [1.82, 2.24) is 10.6 Å². The first-order chi connectivity index (χ1) is 19.4. The van der Waals surface area contributed by atoms with Crippen LogP contribution < -0.4 is 10.6 Å². The number of nitrogens with one attached hydrogen (secondary N) is 2. The molecular formula is C30H27ClF6N2O2. The number of amides is 1. The fourth-order valence-corrected chi connectivity index (χ4v) is 6.14. The third-order valence-corrected chi connectivity index (χ3v) is 8.26. The first kappa shape index (κ1) is 29.4. The van der Waals surface area contributed by atoms with Crippen LogP contribution in [0.5, 0.6) is 0 Å². The number of carbonyl (C=O) groups is 1. The largest absolute Gasteiger partial charge is 0.416 e. The first-order valence-corrected chi connectivity index (χ1v) is 13.5. The molecule has 0 radical (unpaired) electrons. The standard InChI is InChI=1S/C30H27ClF6N2O2/c31-24-9-5-4-6-19(24)16-38-27(40)23-15-28(20-7-2-1-3-8-20)26(11-10-25(23)39-28)41-17-18-12-21(29(32,33)34)14-22(13-18)30(35,36)37/h1-9,12-14,23,25-26,39H,10-11,15-17H2,(H,38,40). The fourth-order valence-electron chi connectivity index (χ4n) is 5.93. The molecule has 3 aromatic carbocycles. The van der Waals surface area contributed by atoms with Crippen molar-refractivity contribution in [2.24, 2.45) is 5.92 Å². The van der Waals surface area contributed by atoms with Gasteiger partial charge in [0.15, 0.2) is 0 Å². The van der Waals surface area contributed by atoms with Gasteiger partial charge >= 0.3 is 12.4 Å². The third kappa shape index (κ3) is 6.24. The van der Waals surface area contributed by atoms with Gasteiger partial charge in [-0.2, -0.15) is 26.3 Å². The highest BCUT2D eigenvalue weighted by molar-refractivity contribution is 6.31. The molecule has 218 valence electrons. The van der Waals surface area contributed by atoms with E-state index in [0.717, 1.165) is 11.1 Å². The third-order valence-electron chi connectivity index (χ3n) is 7.90. The summed E-state index contributed by atoms with van der Waals surface area (Å²) in [4.78, 5) is 13.3. The SMILES string of the molecule is O=C(NCc1ccccc1Cl)C1CC2(c3ccccc3)NC1CCC2OCc1cc(C(F)(F)F)cc(C(F)(F)F)c1. The number of ether oxygens (including phenoxy) is 1. The van der Waals surface area contributed by atoms with Gasteiger partial charge in [0.2, 0.25) is 5.91 Å². The molecule has 4 unspecified atom stereocenters. The molecule has 2 aliphatic heterocycles. The van der Waals surface area contributed by atoms with E-state index in [0.29, 0.717) is 36.4 Å². The molecule has 2 N–H and O–H groups in total. The van der Waals surface area contributed by atoms with Crippen LogP contribution in [-0.4, -0.2) is 18.1 Å². The van der Waals surface area contributed by atoms with Crippen molar-refractivity contribution < 1.29 is 35.9 Å². The molecular weight excluding hydrogens is 570 g/mol. The molecule has 2 saturated heterocycles. The van der Waals surface area contributed by atoms with E-state index in [2.05, 4.69) is 10.6 Å². The van der Waals surface area contributed by atoms with Crippen molar-refractivity contribution in [2.75, 3.05) is 0 Å². The van der Waals surface area contributed by atoms with Crippen LogP contribution in [0.3, 0.4) is 0 Å². The van der Waals surface area contributed by atoms with E-state index in [1.54, 1.807) is 12.1 Å². The lowest BCUT2D eigenvalue weighted by molar-refractivity contribution is -0.143. The van der Waals surface area contributed by atoms with Crippen LogP contribution in [0.2, 0.25) is 5.02 Å². The molecule has 1 amide bonds. The van der Waals surface area contributed by atoms with Crippen LogP contribution >= 0.6 is 11.6 Å². The fraction of sp³-hybridized carbons (Fsp3) is 0.367. The van der Waals surface area contributed by atoms with Crippen LogP contribution in [0, 0.1) is 5.92 Å². The lowest BCUT2D eigenvalue weighted by Gasteiger charge is -2.42. The van der Waals surface area contributed by atoms with Gasteiger partial charge in [0.1, 0.15) is 0 Å². The summed E-state index contributed by atoms with van der Waals surface area (Å²) in [5.74, 6) is -0.606. The Morgan fingerprint density at radius 3 is 2.20 bits per heavy atom. The quantitative estimate of drug-likeness (QED) is 0.283. The van der Waals surface area contributed by atoms with Gasteiger partial charge in [-0.05, 0) is 60.2 Å². The van der Waals surface area contributed by atoms with Gasteiger partial charge in [-0.1, -0.05) is 60.1 Å². The Labute approximate surface area is 238 Å². The molecule has 41 heavy (non-hydrogen) atoms. The first-order valence-electron chi connectivity index (χ1n) is 13.1. The number of benzene rings is 3. The molecule has 2 aliphatic rings. The van der Waals surface area contributed by atoms with Gasteiger partial charge in [-0.25, -0.2) is 0 Å². The van der Waals surface area contributed by atoms with Crippen LogP contribution in [0.15, 0.2) is 72.8 Å². The van der Waals surface area contributed by atoms with Crippen molar-refractivity contribution in [3.8, 4) is 0 Å². The van der Waals surface area contributed by atoms with E-state index < -0.39 is 47.6 Å². The summed E-state index contributed by atoms with van der Waals surface area (Å²) in [5.41, 5.74) is -2.26. The number of alkyl halides is 6. The summed E-state index contributed by atoms with van der Waals surface area (Å²) in [6, 6.07) is 17.7. The molecule has 2 bridgehead atoms. The maximum atomic E-state index is 13.4. The van der Waals surface area contributed by atoms with Gasteiger partial charge < -0.3 is 15.4 Å². The van der Waals surface area contributed by atoms with Crippen molar-refractivity contribution in [3.63, 3.8) is 0 Å². The average Bonchev–Trinajstić information content (AvgIpc) is 3.25. The van der Waals surface area contributed by atoms with Crippen LogP contribution in [0.1, 0.15) is 47.1 Å². The minimum Gasteiger partial charge on any atom is -0.371 e. The summed E-state index contributed by atoms with van der Waals surface area (Å²) >= 11 is 6.23. The Hall–Kier alpha value is -3.08. The monoisotopic (exact) mass is 596 g/mol. The number of halogens is 7. The molecule has 3 aromatic rings. The number of hydrogen-bond donors (Lipinski definition) is 2. The van der Waals surface area contributed by atoms with Gasteiger partial charge in [-0.3, -0.25) is 4.79 Å². The highest BCUT2D eigenvalue weighted by atomic mass is 35.5. The summed E-state index contributed by atoms with van der Waals surface area (Å²) in [5, 5.41) is 7.04. The highest BCUT2D eigenvalue weighted by Gasteiger charge is 2.56. The predicted octanol–water partition coefficient (Wildman–Crippen LogP) is 7.25. The molecule has 4 nitrogen and oxygen atoms in total. The molecule has 0 aliphatic carbocycles. The maximum Gasteiger partial charge on any atom is 0.416 e. The summed E-state index contributed by atoms with van der Waals surface area (Å²) in [6.45, 7) is -0.209. The van der Waals surface area contributed by atoms with E-state index in [1.807, 2.05) is 42.5 Å². The topological polar surface area (TPSA) is 50.4 Å². The van der Waals surface area contributed by atoms with Crippen LogP contribution in [-0.2, 0) is 40.6 Å². The Kier molecular flexibility index (Phi) is 8.11. The van der Waals surface area contributed by atoms with Crippen LogP contribution in [0.4, 0.5) is 26.3 Å². The number of fused-ring (bicyclic) bond motifs is 2. The lowest BCUT2D eigenvalue weighted by Crippen LogP contribution is -2.54. The van der Waals surface area contributed by atoms with E-state index in [-0.39, 0.29) is 30.1 Å². The molecule has 0 spiro atoms. The Morgan fingerprint density at radius 1 is 0.927 bits per heavy atom. The van der Waals surface area contributed by atoms with Gasteiger partial charge in [0.05, 0.1) is 35.3 Å². The van der Waals surface area contributed by atoms with Crippen molar-refractivity contribution in [1.29, 1.82) is 0 Å². The molecule has 11 heteroatoms. The minimum atomic E-state index is -4.95. The number of rotatable bonds is 7. The Balaban J connectivity index is 1.38. The second-order valence-corrected chi connectivity index (χ2v) is 10.9. The lowest BCUT2D eigenvalue weighted by atomic mass is 9.80. The van der Waals surface area contributed by atoms with Gasteiger partial charge in [-0.15, -0.1) is 0 Å². The Bertz CT molecular complexity index is 1370. The minimum absolute atomic E-state index is 0.102. The van der Waals surface area contributed by atoms with Gasteiger partial charge in [0.25, 0.3) is 0 Å². The molecule has 0 aromatic heterocycles. The zero-order valence-corrected chi connectivity index (χ0v) is 22.4. The molecule has 0 saturated carbocycles. The zero-order chi connectivity index (χ0) is 29.4. The summed E-state index contributed by atoms with van der Waals surface area (Å²) in [6.07, 6.45) is -9.15. The van der Waals surface area contributed by atoms with Crippen LogP contribution in [0.25, 0.3) is 0 Å². The second kappa shape index (κ2) is 11.3. The summed E-state index contributed by atoms with van der Waals surface area (Å²) < 4.78 is 86.4. The van der Waals surface area contributed by atoms with E-state index in [4.69, 9.17) is 16.3 Å². The zero-order valence-electron chi connectivity index (χ0n) is 21.7. The van der Waals surface area contributed by atoms with Crippen molar-refractivity contribution in [2.45, 2.75) is 62.5 Å². The molecule has 2 heterocycles. The average molecular weight is 597 g/mol. The molecule has 5 rings (SSSR count). The Morgan fingerprint density at radius 2 is 1.56 bits per heavy atom. The van der Waals surface area contributed by atoms with Crippen molar-refractivity contribution >= 4 is 17.5 Å². The van der Waals surface area contributed by atoms with E-state index >= 15 is 0 Å². The molecule has 2 fully saturated rings. The normalized spacial score (nSPS) is 24.3. The molecule has 4 atom stereocenters. The maximum absolute atomic E-state index is 13.4.